The predicted molar refractivity (Wildman–Crippen MR) is 82.8 cm³/mol. The highest BCUT2D eigenvalue weighted by Gasteiger charge is 2.11. The summed E-state index contributed by atoms with van der Waals surface area (Å²) >= 11 is 1.70. The van der Waals surface area contributed by atoms with Gasteiger partial charge in [0.2, 0.25) is 5.95 Å². The van der Waals surface area contributed by atoms with Crippen LogP contribution in [0, 0.1) is 0 Å². The van der Waals surface area contributed by atoms with E-state index in [0.29, 0.717) is 5.95 Å². The van der Waals surface area contributed by atoms with E-state index in [-0.39, 0.29) is 0 Å². The molecule has 0 saturated heterocycles. The summed E-state index contributed by atoms with van der Waals surface area (Å²) in [5.41, 5.74) is 0.916. The average molecular weight is 288 g/mol. The fourth-order valence-electron chi connectivity index (χ4n) is 1.98. The van der Waals surface area contributed by atoms with Gasteiger partial charge in [0.15, 0.2) is 0 Å². The second-order valence-electron chi connectivity index (χ2n) is 4.46. The quantitative estimate of drug-likeness (QED) is 0.772. The highest BCUT2D eigenvalue weighted by atomic mass is 32.1. The number of aromatic nitrogens is 4. The highest BCUT2D eigenvalue weighted by molar-refractivity contribution is 7.18. The number of nitrogens with one attached hydrogen (secondary N) is 2. The molecule has 0 spiro atoms. The van der Waals surface area contributed by atoms with E-state index in [1.807, 2.05) is 20.3 Å². The number of nitrogens with zero attached hydrogens (tertiary/aromatic N) is 4. The molecular weight excluding hydrogens is 272 g/mol. The molecule has 0 aliphatic rings. The van der Waals surface area contributed by atoms with Gasteiger partial charge in [-0.05, 0) is 12.5 Å². The van der Waals surface area contributed by atoms with Crippen LogP contribution in [0.1, 0.15) is 11.8 Å². The Morgan fingerprint density at radius 3 is 2.85 bits per heavy atom. The maximum absolute atomic E-state index is 4.51. The van der Waals surface area contributed by atoms with Crippen LogP contribution in [0.2, 0.25) is 0 Å². The van der Waals surface area contributed by atoms with Gasteiger partial charge in [-0.2, -0.15) is 10.1 Å². The normalized spacial score (nSPS) is 10.9. The Morgan fingerprint density at radius 2 is 2.20 bits per heavy atom. The maximum Gasteiger partial charge on any atom is 0.225 e. The lowest BCUT2D eigenvalue weighted by molar-refractivity contribution is 0.768. The smallest absolute Gasteiger partial charge is 0.225 e. The summed E-state index contributed by atoms with van der Waals surface area (Å²) in [7, 11) is 3.71. The van der Waals surface area contributed by atoms with Gasteiger partial charge < -0.3 is 10.6 Å². The lowest BCUT2D eigenvalue weighted by atomic mass is 10.3. The molecule has 0 aromatic carbocycles. The van der Waals surface area contributed by atoms with Gasteiger partial charge in [-0.15, -0.1) is 11.3 Å². The summed E-state index contributed by atoms with van der Waals surface area (Å²) in [5, 5.41) is 11.5. The van der Waals surface area contributed by atoms with Crippen molar-refractivity contribution >= 4 is 39.0 Å². The highest BCUT2D eigenvalue weighted by Crippen LogP contribution is 2.31. The SMILES string of the molecule is CCc1cc2c(Nc3cnn(C)c3)nc(NC)nc2s1. The molecule has 0 saturated carbocycles. The van der Waals surface area contributed by atoms with Crippen molar-refractivity contribution in [2.75, 3.05) is 17.7 Å². The van der Waals surface area contributed by atoms with Gasteiger partial charge in [0, 0.05) is 25.2 Å². The standard InChI is InChI=1S/C13H16N6S/c1-4-9-5-10-11(16-8-6-15-19(3)7-8)17-13(14-2)18-12(10)20-9/h5-7H,4H2,1-3H3,(H2,14,16,17,18). The molecular formula is C13H16N6S. The van der Waals surface area contributed by atoms with E-state index < -0.39 is 0 Å². The van der Waals surface area contributed by atoms with E-state index in [1.165, 1.54) is 4.88 Å². The maximum atomic E-state index is 4.51. The summed E-state index contributed by atoms with van der Waals surface area (Å²) in [6.45, 7) is 2.14. The van der Waals surface area contributed by atoms with Gasteiger partial charge in [0.1, 0.15) is 10.6 Å². The van der Waals surface area contributed by atoms with Crippen LogP contribution in [-0.4, -0.2) is 26.8 Å². The number of hydrogen-bond donors (Lipinski definition) is 2. The molecule has 0 aliphatic heterocycles. The third-order valence-corrected chi connectivity index (χ3v) is 4.16. The van der Waals surface area contributed by atoms with Crippen LogP contribution < -0.4 is 10.6 Å². The molecule has 0 aliphatic carbocycles. The molecule has 104 valence electrons. The van der Waals surface area contributed by atoms with Crippen molar-refractivity contribution in [3.63, 3.8) is 0 Å². The Kier molecular flexibility index (Phi) is 3.27. The third-order valence-electron chi connectivity index (χ3n) is 2.98. The van der Waals surface area contributed by atoms with E-state index in [1.54, 1.807) is 22.2 Å². The van der Waals surface area contributed by atoms with E-state index in [2.05, 4.69) is 38.7 Å². The lowest BCUT2D eigenvalue weighted by Gasteiger charge is -2.06. The summed E-state index contributed by atoms with van der Waals surface area (Å²) in [4.78, 5) is 11.3. The predicted octanol–water partition coefficient (Wildman–Crippen LogP) is 2.77. The van der Waals surface area contributed by atoms with Crippen molar-refractivity contribution in [3.05, 3.63) is 23.3 Å². The Hall–Kier alpha value is -2.15. The van der Waals surface area contributed by atoms with Crippen LogP contribution in [0.3, 0.4) is 0 Å². The summed E-state index contributed by atoms with van der Waals surface area (Å²) < 4.78 is 1.75. The van der Waals surface area contributed by atoms with Crippen LogP contribution in [0.15, 0.2) is 18.5 Å². The topological polar surface area (TPSA) is 67.7 Å². The molecule has 20 heavy (non-hydrogen) atoms. The monoisotopic (exact) mass is 288 g/mol. The molecule has 0 bridgehead atoms. The molecule has 0 amide bonds. The molecule has 0 radical (unpaired) electrons. The molecule has 3 heterocycles. The van der Waals surface area contributed by atoms with E-state index in [4.69, 9.17) is 0 Å². The van der Waals surface area contributed by atoms with Gasteiger partial charge in [0.25, 0.3) is 0 Å². The molecule has 3 aromatic rings. The molecule has 6 nitrogen and oxygen atoms in total. The fourth-order valence-corrected chi connectivity index (χ4v) is 2.94. The Morgan fingerprint density at radius 1 is 1.35 bits per heavy atom. The van der Waals surface area contributed by atoms with Gasteiger partial charge in [-0.1, -0.05) is 6.92 Å². The van der Waals surface area contributed by atoms with E-state index in [9.17, 15) is 0 Å². The first-order valence-corrected chi connectivity index (χ1v) is 7.25. The molecule has 0 fully saturated rings. The number of aryl methyl sites for hydroxylation is 2. The van der Waals surface area contributed by atoms with Crippen LogP contribution >= 0.6 is 11.3 Å². The summed E-state index contributed by atoms with van der Waals surface area (Å²) in [6, 6.07) is 2.15. The minimum atomic E-state index is 0.619. The van der Waals surface area contributed by atoms with Gasteiger partial charge in [-0.25, -0.2) is 4.98 Å². The zero-order chi connectivity index (χ0) is 14.1. The number of hydrogen-bond acceptors (Lipinski definition) is 6. The lowest BCUT2D eigenvalue weighted by Crippen LogP contribution is -2.00. The summed E-state index contributed by atoms with van der Waals surface area (Å²) in [6.07, 6.45) is 4.70. The van der Waals surface area contributed by atoms with Crippen molar-refractivity contribution in [1.82, 2.24) is 19.7 Å². The van der Waals surface area contributed by atoms with Crippen LogP contribution in [0.25, 0.3) is 10.2 Å². The van der Waals surface area contributed by atoms with Crippen molar-refractivity contribution in [3.8, 4) is 0 Å². The zero-order valence-corrected chi connectivity index (χ0v) is 12.5. The summed E-state index contributed by atoms with van der Waals surface area (Å²) in [5.74, 6) is 1.43. The third kappa shape index (κ3) is 2.32. The zero-order valence-electron chi connectivity index (χ0n) is 11.6. The number of thiophene rings is 1. The first-order chi connectivity index (χ1) is 9.69. The molecule has 3 rings (SSSR count). The van der Waals surface area contributed by atoms with Crippen LogP contribution in [-0.2, 0) is 13.5 Å². The van der Waals surface area contributed by atoms with Gasteiger partial charge in [0.05, 0.1) is 17.3 Å². The van der Waals surface area contributed by atoms with Crippen molar-refractivity contribution in [2.24, 2.45) is 7.05 Å². The minimum absolute atomic E-state index is 0.619. The first-order valence-electron chi connectivity index (χ1n) is 6.43. The van der Waals surface area contributed by atoms with Crippen molar-refractivity contribution < 1.29 is 0 Å². The second kappa shape index (κ2) is 5.09. The number of rotatable bonds is 4. The fraction of sp³-hybridized carbons (Fsp3) is 0.308. The number of anilines is 3. The second-order valence-corrected chi connectivity index (χ2v) is 5.57. The Labute approximate surface area is 120 Å². The molecule has 3 aromatic heterocycles. The van der Waals surface area contributed by atoms with Crippen LogP contribution in [0.5, 0.6) is 0 Å². The Bertz CT molecular complexity index is 744. The van der Waals surface area contributed by atoms with Gasteiger partial charge >= 0.3 is 0 Å². The molecule has 0 atom stereocenters. The van der Waals surface area contributed by atoms with Crippen LogP contribution in [0.4, 0.5) is 17.5 Å². The van der Waals surface area contributed by atoms with E-state index >= 15 is 0 Å². The molecule has 7 heteroatoms. The Balaban J connectivity index is 2.09. The first kappa shape index (κ1) is 12.9. The van der Waals surface area contributed by atoms with Gasteiger partial charge in [-0.3, -0.25) is 4.68 Å². The average Bonchev–Trinajstić information content (AvgIpc) is 3.04. The molecule has 0 unspecified atom stereocenters. The minimum Gasteiger partial charge on any atom is -0.357 e. The van der Waals surface area contributed by atoms with E-state index in [0.717, 1.165) is 28.1 Å². The molecule has 2 N–H and O–H groups in total. The van der Waals surface area contributed by atoms with Crippen molar-refractivity contribution in [1.29, 1.82) is 0 Å². The number of fused-ring (bicyclic) bond motifs is 1. The largest absolute Gasteiger partial charge is 0.357 e. The van der Waals surface area contributed by atoms with Crippen molar-refractivity contribution in [2.45, 2.75) is 13.3 Å².